The average Bonchev–Trinajstić information content (AvgIpc) is 3.41. The second kappa shape index (κ2) is 7.04. The van der Waals surface area contributed by atoms with Crippen LogP contribution >= 0.6 is 22.7 Å². The van der Waals surface area contributed by atoms with Crippen LogP contribution in [-0.4, -0.2) is 15.7 Å². The molecule has 0 aliphatic rings. The number of para-hydroxylation sites is 1. The third-order valence-corrected chi connectivity index (χ3v) is 5.49. The van der Waals surface area contributed by atoms with E-state index in [9.17, 15) is 4.79 Å². The zero-order valence-corrected chi connectivity index (χ0v) is 14.9. The molecule has 6 heteroatoms. The number of thiophene rings is 2. The predicted octanol–water partition coefficient (Wildman–Crippen LogP) is 4.59. The summed E-state index contributed by atoms with van der Waals surface area (Å²) < 4.78 is 1.71. The van der Waals surface area contributed by atoms with Crippen LogP contribution in [-0.2, 0) is 6.54 Å². The fourth-order valence-corrected chi connectivity index (χ4v) is 3.85. The quantitative estimate of drug-likeness (QED) is 0.562. The highest BCUT2D eigenvalue weighted by Crippen LogP contribution is 2.25. The smallest absolute Gasteiger partial charge is 0.270 e. The Balaban J connectivity index is 1.68. The normalized spacial score (nSPS) is 10.7. The van der Waals surface area contributed by atoms with Gasteiger partial charge in [-0.15, -0.1) is 22.7 Å². The SMILES string of the molecule is O=C(NCc1cccs1)c1cc(-c2cccs2)nn1-c1ccccc1. The summed E-state index contributed by atoms with van der Waals surface area (Å²) in [6.07, 6.45) is 0. The molecule has 0 atom stereocenters. The van der Waals surface area contributed by atoms with Gasteiger partial charge in [-0.1, -0.05) is 30.3 Å². The lowest BCUT2D eigenvalue weighted by molar-refractivity contribution is 0.0943. The number of rotatable bonds is 5. The second-order valence-electron chi connectivity index (χ2n) is 5.40. The summed E-state index contributed by atoms with van der Waals surface area (Å²) in [4.78, 5) is 14.9. The van der Waals surface area contributed by atoms with Crippen LogP contribution in [0.5, 0.6) is 0 Å². The standard InChI is InChI=1S/C19H15N3OS2/c23-19(20-13-15-8-4-10-24-15)17-12-16(18-9-5-11-25-18)21-22(17)14-6-2-1-3-7-14/h1-12H,13H2,(H,20,23). The molecule has 0 saturated heterocycles. The van der Waals surface area contributed by atoms with Crippen LogP contribution in [0.4, 0.5) is 0 Å². The highest BCUT2D eigenvalue weighted by Gasteiger charge is 2.18. The summed E-state index contributed by atoms with van der Waals surface area (Å²) in [7, 11) is 0. The Bertz CT molecular complexity index is 958. The molecule has 0 bridgehead atoms. The summed E-state index contributed by atoms with van der Waals surface area (Å²) in [5, 5.41) is 11.7. The maximum Gasteiger partial charge on any atom is 0.270 e. The number of amides is 1. The fraction of sp³-hybridized carbons (Fsp3) is 0.0526. The Kier molecular flexibility index (Phi) is 4.45. The van der Waals surface area contributed by atoms with Gasteiger partial charge in [-0.05, 0) is 41.1 Å². The minimum absolute atomic E-state index is 0.132. The van der Waals surface area contributed by atoms with Crippen LogP contribution in [0.15, 0.2) is 71.4 Å². The first kappa shape index (κ1) is 15.8. The number of hydrogen-bond donors (Lipinski definition) is 1. The van der Waals surface area contributed by atoms with Crippen molar-refractivity contribution < 1.29 is 4.79 Å². The molecule has 0 aliphatic heterocycles. The van der Waals surface area contributed by atoms with Crippen molar-refractivity contribution in [2.75, 3.05) is 0 Å². The fourth-order valence-electron chi connectivity index (χ4n) is 2.52. The van der Waals surface area contributed by atoms with Crippen molar-refractivity contribution in [3.8, 4) is 16.3 Å². The van der Waals surface area contributed by atoms with Crippen LogP contribution in [0.1, 0.15) is 15.4 Å². The zero-order valence-electron chi connectivity index (χ0n) is 13.3. The summed E-state index contributed by atoms with van der Waals surface area (Å²) >= 11 is 3.24. The third-order valence-electron chi connectivity index (χ3n) is 3.72. The van der Waals surface area contributed by atoms with Gasteiger partial charge in [0, 0.05) is 4.88 Å². The zero-order chi connectivity index (χ0) is 17.1. The van der Waals surface area contributed by atoms with E-state index in [1.807, 2.05) is 71.4 Å². The van der Waals surface area contributed by atoms with Crippen molar-refractivity contribution in [1.82, 2.24) is 15.1 Å². The molecule has 0 radical (unpaired) electrons. The Labute approximate surface area is 153 Å². The molecule has 3 aromatic heterocycles. The lowest BCUT2D eigenvalue weighted by Crippen LogP contribution is -2.25. The minimum atomic E-state index is -0.132. The van der Waals surface area contributed by atoms with Crippen molar-refractivity contribution >= 4 is 28.6 Å². The van der Waals surface area contributed by atoms with E-state index in [2.05, 4.69) is 10.4 Å². The van der Waals surface area contributed by atoms with Crippen LogP contribution in [0, 0.1) is 0 Å². The molecule has 0 aliphatic carbocycles. The van der Waals surface area contributed by atoms with E-state index in [1.165, 1.54) is 0 Å². The van der Waals surface area contributed by atoms with Crippen molar-refractivity contribution in [3.63, 3.8) is 0 Å². The summed E-state index contributed by atoms with van der Waals surface area (Å²) in [5.74, 6) is -0.132. The first-order valence-electron chi connectivity index (χ1n) is 7.81. The summed E-state index contributed by atoms with van der Waals surface area (Å²) in [6, 6.07) is 19.6. The van der Waals surface area contributed by atoms with E-state index in [1.54, 1.807) is 27.4 Å². The van der Waals surface area contributed by atoms with Crippen molar-refractivity contribution in [2.24, 2.45) is 0 Å². The highest BCUT2D eigenvalue weighted by atomic mass is 32.1. The largest absolute Gasteiger partial charge is 0.346 e. The van der Waals surface area contributed by atoms with Crippen LogP contribution in [0.3, 0.4) is 0 Å². The minimum Gasteiger partial charge on any atom is -0.346 e. The number of nitrogens with zero attached hydrogens (tertiary/aromatic N) is 2. The molecule has 0 unspecified atom stereocenters. The van der Waals surface area contributed by atoms with E-state index in [4.69, 9.17) is 0 Å². The third kappa shape index (κ3) is 3.40. The van der Waals surface area contributed by atoms with Crippen LogP contribution in [0.2, 0.25) is 0 Å². The molecule has 1 N–H and O–H groups in total. The number of nitrogens with one attached hydrogen (secondary N) is 1. The molecule has 4 nitrogen and oxygen atoms in total. The number of benzene rings is 1. The molecule has 1 amide bonds. The Morgan fingerprint density at radius 3 is 2.52 bits per heavy atom. The van der Waals surface area contributed by atoms with E-state index >= 15 is 0 Å². The Morgan fingerprint density at radius 1 is 1.00 bits per heavy atom. The number of aromatic nitrogens is 2. The molecule has 0 spiro atoms. The van der Waals surface area contributed by atoms with Gasteiger partial charge < -0.3 is 5.32 Å². The molecular formula is C19H15N3OS2. The molecule has 4 rings (SSSR count). The second-order valence-corrected chi connectivity index (χ2v) is 7.38. The Morgan fingerprint density at radius 2 is 1.80 bits per heavy atom. The average molecular weight is 365 g/mol. The summed E-state index contributed by atoms with van der Waals surface area (Å²) in [6.45, 7) is 0.519. The van der Waals surface area contributed by atoms with E-state index in [0.717, 1.165) is 21.1 Å². The lowest BCUT2D eigenvalue weighted by Gasteiger charge is -2.07. The first-order chi connectivity index (χ1) is 12.3. The monoisotopic (exact) mass is 365 g/mol. The Hall–Kier alpha value is -2.70. The van der Waals surface area contributed by atoms with Gasteiger partial charge in [-0.25, -0.2) is 4.68 Å². The lowest BCUT2D eigenvalue weighted by atomic mass is 10.3. The van der Waals surface area contributed by atoms with Gasteiger partial charge in [0.25, 0.3) is 5.91 Å². The topological polar surface area (TPSA) is 46.9 Å². The first-order valence-corrected chi connectivity index (χ1v) is 9.57. The number of carbonyl (C=O) groups is 1. The molecule has 124 valence electrons. The molecule has 1 aromatic carbocycles. The van der Waals surface area contributed by atoms with Gasteiger partial charge in [0.2, 0.25) is 0 Å². The van der Waals surface area contributed by atoms with Crippen molar-refractivity contribution in [3.05, 3.63) is 82.0 Å². The van der Waals surface area contributed by atoms with Gasteiger partial charge in [0.15, 0.2) is 0 Å². The van der Waals surface area contributed by atoms with Gasteiger partial charge in [0.05, 0.1) is 17.1 Å². The molecular weight excluding hydrogens is 350 g/mol. The van der Waals surface area contributed by atoms with E-state index in [-0.39, 0.29) is 5.91 Å². The molecule has 4 aromatic rings. The van der Waals surface area contributed by atoms with Gasteiger partial charge in [-0.3, -0.25) is 4.79 Å². The maximum absolute atomic E-state index is 12.8. The van der Waals surface area contributed by atoms with Crippen molar-refractivity contribution in [2.45, 2.75) is 6.54 Å². The van der Waals surface area contributed by atoms with Crippen LogP contribution < -0.4 is 5.32 Å². The highest BCUT2D eigenvalue weighted by molar-refractivity contribution is 7.13. The summed E-state index contributed by atoms with van der Waals surface area (Å²) in [5.41, 5.74) is 2.21. The van der Waals surface area contributed by atoms with E-state index in [0.29, 0.717) is 12.2 Å². The predicted molar refractivity (Wildman–Crippen MR) is 102 cm³/mol. The number of hydrogen-bond acceptors (Lipinski definition) is 4. The van der Waals surface area contributed by atoms with E-state index < -0.39 is 0 Å². The van der Waals surface area contributed by atoms with Gasteiger partial charge >= 0.3 is 0 Å². The van der Waals surface area contributed by atoms with Gasteiger partial charge in [-0.2, -0.15) is 5.10 Å². The molecule has 0 fully saturated rings. The molecule has 3 heterocycles. The molecule has 0 saturated carbocycles. The number of carbonyl (C=O) groups excluding carboxylic acids is 1. The van der Waals surface area contributed by atoms with Gasteiger partial charge in [0.1, 0.15) is 11.4 Å². The van der Waals surface area contributed by atoms with Crippen molar-refractivity contribution in [1.29, 1.82) is 0 Å². The maximum atomic E-state index is 12.8. The molecule has 25 heavy (non-hydrogen) atoms. The van der Waals surface area contributed by atoms with Crippen LogP contribution in [0.25, 0.3) is 16.3 Å².